The number of primary amides is 1. The summed E-state index contributed by atoms with van der Waals surface area (Å²) in [5, 5.41) is 0.760. The van der Waals surface area contributed by atoms with Crippen molar-refractivity contribution < 1.29 is 28.5 Å². The average Bonchev–Trinajstić information content (AvgIpc) is 2.65. The molecule has 2 aromatic rings. The van der Waals surface area contributed by atoms with Gasteiger partial charge in [0.1, 0.15) is 13.2 Å². The number of rotatable bonds is 9. The number of methoxy groups -OCH3 is 1. The van der Waals surface area contributed by atoms with Crippen LogP contribution in [-0.4, -0.2) is 38.8 Å². The summed E-state index contributed by atoms with van der Waals surface area (Å²) in [6.45, 7) is -0.401. The van der Waals surface area contributed by atoms with Crippen LogP contribution >= 0.6 is 34.8 Å². The molecule has 0 saturated heterocycles. The number of esters is 1. The fourth-order valence-electron chi connectivity index (χ4n) is 2.10. The lowest BCUT2D eigenvalue weighted by atomic mass is 10.2. The van der Waals surface area contributed by atoms with Crippen molar-refractivity contribution in [3.63, 3.8) is 0 Å². The lowest BCUT2D eigenvalue weighted by Gasteiger charge is -2.13. The molecule has 2 aromatic carbocycles. The van der Waals surface area contributed by atoms with E-state index in [2.05, 4.69) is 0 Å². The molecule has 0 heterocycles. The van der Waals surface area contributed by atoms with Crippen molar-refractivity contribution in [2.45, 2.75) is 0 Å². The number of para-hydroxylation sites is 1. The molecule has 0 radical (unpaired) electrons. The van der Waals surface area contributed by atoms with Gasteiger partial charge in [-0.3, -0.25) is 4.79 Å². The molecule has 1 amide bonds. The minimum Gasteiger partial charge on any atom is -0.493 e. The van der Waals surface area contributed by atoms with Gasteiger partial charge < -0.3 is 24.7 Å². The molecule has 7 nitrogen and oxygen atoms in total. The van der Waals surface area contributed by atoms with Crippen molar-refractivity contribution in [1.82, 2.24) is 0 Å². The molecule has 150 valence electrons. The molecule has 0 fully saturated rings. The topological polar surface area (TPSA) is 97.1 Å². The van der Waals surface area contributed by atoms with Crippen LogP contribution in [0.1, 0.15) is 10.4 Å². The number of ether oxygens (including phenoxy) is 4. The van der Waals surface area contributed by atoms with Crippen LogP contribution in [0.2, 0.25) is 15.1 Å². The largest absolute Gasteiger partial charge is 0.493 e. The number of hydrogen-bond donors (Lipinski definition) is 1. The van der Waals surface area contributed by atoms with Gasteiger partial charge in [-0.2, -0.15) is 0 Å². The van der Waals surface area contributed by atoms with Crippen LogP contribution in [0.3, 0.4) is 0 Å². The van der Waals surface area contributed by atoms with Gasteiger partial charge in [0.25, 0.3) is 5.91 Å². The van der Waals surface area contributed by atoms with E-state index in [1.807, 2.05) is 0 Å². The van der Waals surface area contributed by atoms with Crippen LogP contribution in [0.15, 0.2) is 30.3 Å². The zero-order valence-corrected chi connectivity index (χ0v) is 16.9. The molecule has 2 rings (SSSR count). The number of carbonyl (C=O) groups is 2. The van der Waals surface area contributed by atoms with Crippen LogP contribution < -0.4 is 19.9 Å². The SMILES string of the molecule is COc1cc(C(=O)OCCOc2c(Cl)cccc2Cl)cc(Cl)c1OCC(N)=O. The van der Waals surface area contributed by atoms with Crippen LogP contribution in [0.4, 0.5) is 0 Å². The normalized spacial score (nSPS) is 10.3. The van der Waals surface area contributed by atoms with Gasteiger partial charge in [0, 0.05) is 0 Å². The maximum atomic E-state index is 12.2. The number of amides is 1. The van der Waals surface area contributed by atoms with E-state index in [1.165, 1.54) is 19.2 Å². The van der Waals surface area contributed by atoms with Crippen LogP contribution in [0.25, 0.3) is 0 Å². The fourth-order valence-corrected chi connectivity index (χ4v) is 2.87. The Kier molecular flexibility index (Phi) is 8.04. The lowest BCUT2D eigenvalue weighted by Crippen LogP contribution is -2.20. The second kappa shape index (κ2) is 10.3. The molecule has 0 aliphatic heterocycles. The van der Waals surface area contributed by atoms with Gasteiger partial charge >= 0.3 is 5.97 Å². The maximum Gasteiger partial charge on any atom is 0.338 e. The minimum absolute atomic E-state index is 0.0415. The molecule has 0 spiro atoms. The molecular weight excluding hydrogens is 433 g/mol. The Labute approximate surface area is 176 Å². The first kappa shape index (κ1) is 21.9. The first-order chi connectivity index (χ1) is 13.3. The standard InChI is InChI=1S/C18H16Cl3NO6/c1-25-14-8-10(7-13(21)17(14)28-9-15(22)23)18(24)27-6-5-26-16-11(19)3-2-4-12(16)20/h2-4,7-8H,5-6,9H2,1H3,(H2,22,23). The van der Waals surface area contributed by atoms with Crippen LogP contribution in [-0.2, 0) is 9.53 Å². The molecule has 0 atom stereocenters. The highest BCUT2D eigenvalue weighted by molar-refractivity contribution is 6.37. The van der Waals surface area contributed by atoms with Crippen LogP contribution in [0, 0.1) is 0 Å². The highest BCUT2D eigenvalue weighted by Crippen LogP contribution is 2.36. The second-order valence-corrected chi connectivity index (χ2v) is 6.50. The summed E-state index contributed by atoms with van der Waals surface area (Å²) in [6, 6.07) is 7.65. The predicted molar refractivity (Wildman–Crippen MR) is 105 cm³/mol. The highest BCUT2D eigenvalue weighted by atomic mass is 35.5. The van der Waals surface area contributed by atoms with Crippen LogP contribution in [0.5, 0.6) is 17.2 Å². The monoisotopic (exact) mass is 447 g/mol. The number of carbonyl (C=O) groups excluding carboxylic acids is 2. The first-order valence-electron chi connectivity index (χ1n) is 7.86. The van der Waals surface area contributed by atoms with E-state index in [0.717, 1.165) is 0 Å². The van der Waals surface area contributed by atoms with E-state index < -0.39 is 11.9 Å². The van der Waals surface area contributed by atoms with Gasteiger partial charge in [-0.15, -0.1) is 0 Å². The second-order valence-electron chi connectivity index (χ2n) is 5.28. The number of nitrogens with two attached hydrogens (primary N) is 1. The summed E-state index contributed by atoms with van der Waals surface area (Å²) in [7, 11) is 1.36. The Balaban J connectivity index is 1.98. The molecule has 2 N–H and O–H groups in total. The van der Waals surface area contributed by atoms with Crippen molar-refractivity contribution in [2.75, 3.05) is 26.9 Å². The first-order valence-corrected chi connectivity index (χ1v) is 8.99. The van der Waals surface area contributed by atoms with Gasteiger partial charge in [0.05, 0.1) is 27.7 Å². The number of halogens is 3. The molecule has 0 aliphatic rings. The van der Waals surface area contributed by atoms with E-state index in [4.69, 9.17) is 59.5 Å². The summed E-state index contributed by atoms with van der Waals surface area (Å²) in [6.07, 6.45) is 0. The summed E-state index contributed by atoms with van der Waals surface area (Å²) >= 11 is 18.1. The maximum absolute atomic E-state index is 12.2. The summed E-state index contributed by atoms with van der Waals surface area (Å²) in [5.74, 6) is -0.783. The Morgan fingerprint density at radius 2 is 1.64 bits per heavy atom. The van der Waals surface area contributed by atoms with Gasteiger partial charge in [-0.05, 0) is 24.3 Å². The van der Waals surface area contributed by atoms with Crippen molar-refractivity contribution >= 4 is 46.7 Å². The molecule has 28 heavy (non-hydrogen) atoms. The summed E-state index contributed by atoms with van der Waals surface area (Å²) in [5.41, 5.74) is 5.17. The van der Waals surface area contributed by atoms with Crippen molar-refractivity contribution in [3.8, 4) is 17.2 Å². The van der Waals surface area contributed by atoms with Gasteiger partial charge in [0.15, 0.2) is 23.9 Å². The van der Waals surface area contributed by atoms with E-state index in [-0.39, 0.29) is 41.9 Å². The third-order valence-electron chi connectivity index (χ3n) is 3.31. The zero-order chi connectivity index (χ0) is 20.7. The van der Waals surface area contributed by atoms with E-state index in [9.17, 15) is 9.59 Å². The molecule has 0 saturated carbocycles. The van der Waals surface area contributed by atoms with E-state index in [0.29, 0.717) is 15.8 Å². The molecule has 0 unspecified atom stereocenters. The molecule has 0 aromatic heterocycles. The minimum atomic E-state index is -0.680. The number of benzene rings is 2. The van der Waals surface area contributed by atoms with Gasteiger partial charge in [-0.1, -0.05) is 40.9 Å². The molecule has 10 heteroatoms. The predicted octanol–water partition coefficient (Wildman–Crippen LogP) is 3.76. The third-order valence-corrected chi connectivity index (χ3v) is 4.18. The molecule has 0 aliphatic carbocycles. The lowest BCUT2D eigenvalue weighted by molar-refractivity contribution is -0.119. The average molecular weight is 449 g/mol. The van der Waals surface area contributed by atoms with Crippen molar-refractivity contribution in [2.24, 2.45) is 5.73 Å². The van der Waals surface area contributed by atoms with E-state index in [1.54, 1.807) is 18.2 Å². The Hall–Kier alpha value is -2.35. The smallest absolute Gasteiger partial charge is 0.338 e. The Morgan fingerprint density at radius 3 is 2.25 bits per heavy atom. The third kappa shape index (κ3) is 5.82. The Morgan fingerprint density at radius 1 is 0.964 bits per heavy atom. The summed E-state index contributed by atoms with van der Waals surface area (Å²) < 4.78 is 20.9. The highest BCUT2D eigenvalue weighted by Gasteiger charge is 2.17. The van der Waals surface area contributed by atoms with Gasteiger partial charge in [0.2, 0.25) is 0 Å². The summed E-state index contributed by atoms with van der Waals surface area (Å²) in [4.78, 5) is 23.1. The van der Waals surface area contributed by atoms with Crippen molar-refractivity contribution in [1.29, 1.82) is 0 Å². The van der Waals surface area contributed by atoms with E-state index >= 15 is 0 Å². The quantitative estimate of drug-likeness (QED) is 0.463. The zero-order valence-electron chi connectivity index (χ0n) is 14.7. The molecule has 0 bridgehead atoms. The number of hydrogen-bond acceptors (Lipinski definition) is 6. The van der Waals surface area contributed by atoms with Crippen molar-refractivity contribution in [3.05, 3.63) is 51.0 Å². The fraction of sp³-hybridized carbons (Fsp3) is 0.222. The van der Waals surface area contributed by atoms with Gasteiger partial charge in [-0.25, -0.2) is 4.79 Å². The Bertz CT molecular complexity index is 854. The molecular formula is C18H16Cl3NO6.